The van der Waals surface area contributed by atoms with E-state index in [-0.39, 0.29) is 23.3 Å². The van der Waals surface area contributed by atoms with Gasteiger partial charge in [0.2, 0.25) is 10.0 Å². The lowest BCUT2D eigenvalue weighted by Gasteiger charge is -2.23. The maximum absolute atomic E-state index is 12.9. The number of nitrogens with zero attached hydrogens (tertiary/aromatic N) is 3. The van der Waals surface area contributed by atoms with Gasteiger partial charge < -0.3 is 10.1 Å². The minimum Gasteiger partial charge on any atom is -0.482 e. The first-order chi connectivity index (χ1) is 12.8. The summed E-state index contributed by atoms with van der Waals surface area (Å²) in [6.07, 6.45) is 1.47. The molecule has 2 aliphatic heterocycles. The Kier molecular flexibility index (Phi) is 4.39. The Bertz CT molecular complexity index is 999. The Labute approximate surface area is 157 Å². The minimum atomic E-state index is -3.80. The maximum Gasteiger partial charge on any atom is 0.262 e. The van der Waals surface area contributed by atoms with Crippen LogP contribution in [0.15, 0.2) is 23.1 Å². The molecule has 0 bridgehead atoms. The van der Waals surface area contributed by atoms with Gasteiger partial charge in [0.15, 0.2) is 12.4 Å². The number of benzene rings is 1. The number of sulfonamides is 1. The Balaban J connectivity index is 1.61. The maximum atomic E-state index is 12.9. The molecule has 2 aliphatic rings. The third kappa shape index (κ3) is 3.42. The first kappa shape index (κ1) is 17.9. The van der Waals surface area contributed by atoms with Crippen LogP contribution in [0.4, 0.5) is 5.69 Å². The second kappa shape index (κ2) is 6.61. The predicted octanol–water partition coefficient (Wildman–Crippen LogP) is 1.55. The molecule has 1 aromatic carbocycles. The molecule has 10 heteroatoms. The molecule has 2 aromatic rings. The van der Waals surface area contributed by atoms with Crippen molar-refractivity contribution < 1.29 is 17.9 Å². The van der Waals surface area contributed by atoms with Crippen molar-refractivity contribution in [1.29, 1.82) is 0 Å². The Morgan fingerprint density at radius 1 is 1.37 bits per heavy atom. The summed E-state index contributed by atoms with van der Waals surface area (Å²) in [6, 6.07) is 3.97. The van der Waals surface area contributed by atoms with Gasteiger partial charge in [-0.3, -0.25) is 4.79 Å². The largest absolute Gasteiger partial charge is 0.482 e. The molecule has 3 heterocycles. The number of hydrogen-bond acceptors (Lipinski definition) is 6. The van der Waals surface area contributed by atoms with Crippen molar-refractivity contribution in [3.05, 3.63) is 29.8 Å². The fourth-order valence-corrected chi connectivity index (χ4v) is 4.46. The topological polar surface area (TPSA) is 115 Å². The number of hydrogen-bond donors (Lipinski definition) is 2. The van der Waals surface area contributed by atoms with E-state index in [0.29, 0.717) is 29.5 Å². The van der Waals surface area contributed by atoms with E-state index in [2.05, 4.69) is 20.1 Å². The van der Waals surface area contributed by atoms with E-state index >= 15 is 0 Å². The summed E-state index contributed by atoms with van der Waals surface area (Å²) < 4.78 is 35.6. The number of amides is 1. The average Bonchev–Trinajstić information content (AvgIpc) is 3.06. The van der Waals surface area contributed by atoms with Crippen LogP contribution in [0.1, 0.15) is 50.3 Å². The number of rotatable bonds is 4. The number of carbonyl (C=O) groups excluding carboxylic acids is 1. The number of fused-ring (bicyclic) bond motifs is 2. The Hall–Kier alpha value is -2.46. The van der Waals surface area contributed by atoms with E-state index in [9.17, 15) is 13.2 Å². The van der Waals surface area contributed by atoms with Gasteiger partial charge in [0, 0.05) is 12.5 Å². The lowest BCUT2D eigenvalue weighted by Crippen LogP contribution is -2.33. The van der Waals surface area contributed by atoms with E-state index in [4.69, 9.17) is 4.74 Å². The minimum absolute atomic E-state index is 0.0628. The number of ether oxygens (including phenoxy) is 1. The zero-order valence-corrected chi connectivity index (χ0v) is 15.9. The third-order valence-corrected chi connectivity index (χ3v) is 6.07. The molecule has 2 N–H and O–H groups in total. The van der Waals surface area contributed by atoms with Crippen molar-refractivity contribution in [2.24, 2.45) is 0 Å². The van der Waals surface area contributed by atoms with E-state index in [0.717, 1.165) is 13.0 Å². The Morgan fingerprint density at radius 2 is 2.19 bits per heavy atom. The van der Waals surface area contributed by atoms with Gasteiger partial charge in [-0.05, 0) is 31.0 Å². The molecular weight excluding hydrogens is 370 g/mol. The van der Waals surface area contributed by atoms with Crippen LogP contribution in [-0.4, -0.2) is 35.7 Å². The fourth-order valence-electron chi connectivity index (χ4n) is 3.21. The van der Waals surface area contributed by atoms with Gasteiger partial charge in [0.05, 0.1) is 16.6 Å². The molecule has 0 radical (unpaired) electrons. The fraction of sp³-hybridized carbons (Fsp3) is 0.471. The second-order valence-electron chi connectivity index (χ2n) is 7.02. The smallest absolute Gasteiger partial charge is 0.262 e. The molecule has 1 aromatic heterocycles. The van der Waals surface area contributed by atoms with Gasteiger partial charge in [0.25, 0.3) is 5.91 Å². The number of carbonyl (C=O) groups is 1. The summed E-state index contributed by atoms with van der Waals surface area (Å²) in [5, 5.41) is 7.10. The first-order valence-electron chi connectivity index (χ1n) is 8.87. The molecular formula is C17H21N5O4S. The van der Waals surface area contributed by atoms with Crippen molar-refractivity contribution in [1.82, 2.24) is 19.5 Å². The highest BCUT2D eigenvalue weighted by Crippen LogP contribution is 2.31. The summed E-state index contributed by atoms with van der Waals surface area (Å²) in [6.45, 7) is 4.66. The molecule has 27 heavy (non-hydrogen) atoms. The monoisotopic (exact) mass is 391 g/mol. The van der Waals surface area contributed by atoms with Crippen molar-refractivity contribution in [3.8, 4) is 5.75 Å². The van der Waals surface area contributed by atoms with Gasteiger partial charge in [0.1, 0.15) is 11.6 Å². The van der Waals surface area contributed by atoms with Gasteiger partial charge in [-0.25, -0.2) is 22.8 Å². The van der Waals surface area contributed by atoms with Crippen molar-refractivity contribution in [3.63, 3.8) is 0 Å². The molecule has 1 atom stereocenters. The number of aryl methyl sites for hydroxylation is 1. The van der Waals surface area contributed by atoms with Gasteiger partial charge >= 0.3 is 0 Å². The number of aromatic nitrogens is 3. The number of nitrogens with one attached hydrogen (secondary N) is 2. The number of anilines is 1. The molecule has 4 rings (SSSR count). The quantitative estimate of drug-likeness (QED) is 0.817. The third-order valence-electron chi connectivity index (χ3n) is 4.60. The van der Waals surface area contributed by atoms with Crippen LogP contribution in [0.5, 0.6) is 5.75 Å². The van der Waals surface area contributed by atoms with Crippen molar-refractivity contribution in [2.75, 3.05) is 11.9 Å². The average molecular weight is 391 g/mol. The molecule has 0 unspecified atom stereocenters. The van der Waals surface area contributed by atoms with Gasteiger partial charge in [-0.1, -0.05) is 13.8 Å². The van der Waals surface area contributed by atoms with Crippen LogP contribution in [0.2, 0.25) is 0 Å². The summed E-state index contributed by atoms with van der Waals surface area (Å²) >= 11 is 0. The second-order valence-corrected chi connectivity index (χ2v) is 8.73. The summed E-state index contributed by atoms with van der Waals surface area (Å²) in [7, 11) is -3.80. The van der Waals surface area contributed by atoms with Crippen molar-refractivity contribution in [2.45, 2.75) is 50.1 Å². The lowest BCUT2D eigenvalue weighted by atomic mass is 10.1. The van der Waals surface area contributed by atoms with E-state index < -0.39 is 16.1 Å². The zero-order valence-electron chi connectivity index (χ0n) is 15.1. The van der Waals surface area contributed by atoms with Crippen LogP contribution in [0.3, 0.4) is 0 Å². The molecule has 1 amide bonds. The highest BCUT2D eigenvalue weighted by molar-refractivity contribution is 7.89. The summed E-state index contributed by atoms with van der Waals surface area (Å²) in [4.78, 5) is 16.1. The van der Waals surface area contributed by atoms with Crippen LogP contribution in [0, 0.1) is 0 Å². The SMILES string of the molecule is CC(C)c1nc2n(n1)CCC[C@@H]2NS(=O)(=O)c1ccc2c(c1)NC(=O)CO2. The van der Waals surface area contributed by atoms with Crippen molar-refractivity contribution >= 4 is 21.6 Å². The summed E-state index contributed by atoms with van der Waals surface area (Å²) in [5.74, 6) is 1.66. The van der Waals surface area contributed by atoms with Crippen LogP contribution in [-0.2, 0) is 21.4 Å². The molecule has 0 saturated carbocycles. The predicted molar refractivity (Wildman–Crippen MR) is 97.0 cm³/mol. The van der Waals surface area contributed by atoms with Crippen LogP contribution < -0.4 is 14.8 Å². The van der Waals surface area contributed by atoms with Crippen LogP contribution in [0.25, 0.3) is 0 Å². The zero-order chi connectivity index (χ0) is 19.2. The molecule has 0 saturated heterocycles. The molecule has 0 aliphatic carbocycles. The van der Waals surface area contributed by atoms with E-state index in [1.165, 1.54) is 12.1 Å². The molecule has 144 valence electrons. The molecule has 0 fully saturated rings. The van der Waals surface area contributed by atoms with E-state index in [1.54, 1.807) is 10.7 Å². The lowest BCUT2D eigenvalue weighted by molar-refractivity contribution is -0.118. The van der Waals surface area contributed by atoms with Crippen LogP contribution >= 0.6 is 0 Å². The highest BCUT2D eigenvalue weighted by atomic mass is 32.2. The summed E-state index contributed by atoms with van der Waals surface area (Å²) in [5.41, 5.74) is 0.350. The molecule has 9 nitrogen and oxygen atoms in total. The highest BCUT2D eigenvalue weighted by Gasteiger charge is 2.30. The first-order valence-corrected chi connectivity index (χ1v) is 10.4. The van der Waals surface area contributed by atoms with Gasteiger partial charge in [-0.2, -0.15) is 5.10 Å². The standard InChI is InChI=1S/C17H21N5O4S/c1-10(2)16-19-17-12(4-3-7-22(17)20-16)21-27(24,25)11-5-6-14-13(8-11)18-15(23)9-26-14/h5-6,8,10,12,21H,3-4,7,9H2,1-2H3,(H,18,23)/t12-/m0/s1. The van der Waals surface area contributed by atoms with Gasteiger partial charge in [-0.15, -0.1) is 0 Å². The normalized spacial score (nSPS) is 19.2. The van der Waals surface area contributed by atoms with E-state index in [1.807, 2.05) is 13.8 Å². The Morgan fingerprint density at radius 3 is 2.96 bits per heavy atom. The molecule has 0 spiro atoms.